The van der Waals surface area contributed by atoms with Crippen molar-refractivity contribution in [3.05, 3.63) is 59.2 Å². The minimum Gasteiger partial charge on any atom is -0.483 e. The Morgan fingerprint density at radius 2 is 1.96 bits per heavy atom. The van der Waals surface area contributed by atoms with Gasteiger partial charge in [-0.3, -0.25) is 9.59 Å². The maximum absolute atomic E-state index is 12.0. The van der Waals surface area contributed by atoms with Crippen LogP contribution in [0.3, 0.4) is 0 Å². The number of nitrogens with two attached hydrogens (primary N) is 1. The van der Waals surface area contributed by atoms with E-state index in [4.69, 9.17) is 15.2 Å². The predicted octanol–water partition coefficient (Wildman–Crippen LogP) is 2.05. The van der Waals surface area contributed by atoms with Gasteiger partial charge in [0.1, 0.15) is 5.60 Å². The molecule has 1 aliphatic rings. The van der Waals surface area contributed by atoms with Crippen LogP contribution >= 0.6 is 0 Å². The molecule has 0 aliphatic carbocycles. The monoisotopic (exact) mass is 378 g/mol. The van der Waals surface area contributed by atoms with Gasteiger partial charge in [-0.2, -0.15) is 0 Å². The maximum Gasteiger partial charge on any atom is 0.258 e. The fourth-order valence-electron chi connectivity index (χ4n) is 2.90. The molecule has 0 fully saturated rings. The molecule has 0 atom stereocenters. The van der Waals surface area contributed by atoms with Crippen molar-refractivity contribution in [2.45, 2.75) is 25.9 Å². The van der Waals surface area contributed by atoms with Crippen LogP contribution in [-0.2, 0) is 11.2 Å². The van der Waals surface area contributed by atoms with Crippen LogP contribution in [0.2, 0.25) is 0 Å². The lowest BCUT2D eigenvalue weighted by atomic mass is 10.0. The Morgan fingerprint density at radius 3 is 2.68 bits per heavy atom. The summed E-state index contributed by atoms with van der Waals surface area (Å²) in [4.78, 5) is 23.0. The SMILES string of the molecule is CC1(C)Cc2cccc(OCC(=O)NCC#Cc3ccc(C(N)=O)cc3)c2O1. The van der Waals surface area contributed by atoms with Gasteiger partial charge in [0.05, 0.1) is 6.54 Å². The van der Waals surface area contributed by atoms with Crippen molar-refractivity contribution in [1.29, 1.82) is 0 Å². The van der Waals surface area contributed by atoms with Crippen LogP contribution in [0.4, 0.5) is 0 Å². The van der Waals surface area contributed by atoms with Crippen molar-refractivity contribution < 1.29 is 19.1 Å². The molecule has 1 aliphatic heterocycles. The van der Waals surface area contributed by atoms with Crippen LogP contribution < -0.4 is 20.5 Å². The van der Waals surface area contributed by atoms with Gasteiger partial charge >= 0.3 is 0 Å². The molecule has 3 rings (SSSR count). The molecular formula is C22H22N2O4. The smallest absolute Gasteiger partial charge is 0.258 e. The lowest BCUT2D eigenvalue weighted by molar-refractivity contribution is -0.122. The van der Waals surface area contributed by atoms with Crippen LogP contribution in [0, 0.1) is 11.8 Å². The van der Waals surface area contributed by atoms with E-state index in [-0.39, 0.29) is 24.7 Å². The summed E-state index contributed by atoms with van der Waals surface area (Å²) in [5, 5.41) is 2.68. The molecule has 2 amide bonds. The molecule has 1 heterocycles. The highest BCUT2D eigenvalue weighted by molar-refractivity contribution is 5.92. The summed E-state index contributed by atoms with van der Waals surface area (Å²) in [6.07, 6.45) is 0.807. The van der Waals surface area contributed by atoms with E-state index >= 15 is 0 Å². The topological polar surface area (TPSA) is 90.6 Å². The summed E-state index contributed by atoms with van der Waals surface area (Å²) in [6, 6.07) is 12.3. The molecule has 6 heteroatoms. The van der Waals surface area contributed by atoms with E-state index in [2.05, 4.69) is 17.2 Å². The zero-order valence-corrected chi connectivity index (χ0v) is 15.9. The molecule has 0 aromatic heterocycles. The molecule has 0 bridgehead atoms. The molecule has 0 saturated carbocycles. The largest absolute Gasteiger partial charge is 0.483 e. The quantitative estimate of drug-likeness (QED) is 0.779. The zero-order chi connectivity index (χ0) is 20.1. The van der Waals surface area contributed by atoms with E-state index < -0.39 is 5.91 Å². The number of benzene rings is 2. The molecule has 0 radical (unpaired) electrons. The average molecular weight is 378 g/mol. The number of carbonyl (C=O) groups excluding carboxylic acids is 2. The Labute approximate surface area is 164 Å². The number of hydrogen-bond acceptors (Lipinski definition) is 4. The molecule has 2 aromatic carbocycles. The molecule has 0 saturated heterocycles. The third kappa shape index (κ3) is 4.83. The number of nitrogens with one attached hydrogen (secondary N) is 1. The van der Waals surface area contributed by atoms with E-state index in [1.807, 2.05) is 26.0 Å². The first-order valence-corrected chi connectivity index (χ1v) is 8.93. The lowest BCUT2D eigenvalue weighted by Gasteiger charge is -2.18. The fourth-order valence-corrected chi connectivity index (χ4v) is 2.90. The summed E-state index contributed by atoms with van der Waals surface area (Å²) < 4.78 is 11.5. The van der Waals surface area contributed by atoms with Crippen molar-refractivity contribution in [3.8, 4) is 23.3 Å². The maximum atomic E-state index is 12.0. The summed E-state index contributed by atoms with van der Waals surface area (Å²) in [5.41, 5.74) is 7.16. The average Bonchev–Trinajstić information content (AvgIpc) is 2.98. The van der Waals surface area contributed by atoms with Crippen molar-refractivity contribution >= 4 is 11.8 Å². The van der Waals surface area contributed by atoms with E-state index in [1.165, 1.54) is 0 Å². The Kier molecular flexibility index (Phi) is 5.55. The minimum atomic E-state index is -0.482. The first-order valence-electron chi connectivity index (χ1n) is 8.93. The number of para-hydroxylation sites is 1. The number of hydrogen-bond donors (Lipinski definition) is 2. The Bertz CT molecular complexity index is 953. The summed E-state index contributed by atoms with van der Waals surface area (Å²) in [5.74, 6) is 6.28. The van der Waals surface area contributed by atoms with Gasteiger partial charge in [0, 0.05) is 23.1 Å². The molecule has 2 aromatic rings. The number of fused-ring (bicyclic) bond motifs is 1. The highest BCUT2D eigenvalue weighted by Crippen LogP contribution is 2.41. The first-order chi connectivity index (χ1) is 13.3. The van der Waals surface area contributed by atoms with Gasteiger partial charge in [-0.25, -0.2) is 0 Å². The second-order valence-electron chi connectivity index (χ2n) is 7.09. The highest BCUT2D eigenvalue weighted by atomic mass is 16.5. The summed E-state index contributed by atoms with van der Waals surface area (Å²) in [6.45, 7) is 4.11. The number of rotatable bonds is 5. The van der Waals surface area contributed by atoms with Crippen LogP contribution in [0.1, 0.15) is 35.3 Å². The van der Waals surface area contributed by atoms with Crippen LogP contribution in [0.25, 0.3) is 0 Å². The van der Waals surface area contributed by atoms with E-state index in [1.54, 1.807) is 30.3 Å². The molecule has 3 N–H and O–H groups in total. The van der Waals surface area contributed by atoms with Crippen LogP contribution in [0.5, 0.6) is 11.5 Å². The summed E-state index contributed by atoms with van der Waals surface area (Å²) >= 11 is 0. The van der Waals surface area contributed by atoms with E-state index in [0.717, 1.165) is 17.5 Å². The fraction of sp³-hybridized carbons (Fsp3) is 0.273. The molecule has 28 heavy (non-hydrogen) atoms. The van der Waals surface area contributed by atoms with E-state index in [0.29, 0.717) is 17.1 Å². The van der Waals surface area contributed by atoms with Crippen molar-refractivity contribution in [3.63, 3.8) is 0 Å². The van der Waals surface area contributed by atoms with Gasteiger partial charge in [-0.1, -0.05) is 24.0 Å². The number of ether oxygens (including phenoxy) is 2. The summed E-state index contributed by atoms with van der Waals surface area (Å²) in [7, 11) is 0. The normalized spacial score (nSPS) is 13.5. The van der Waals surface area contributed by atoms with Gasteiger partial charge < -0.3 is 20.5 Å². The Balaban J connectivity index is 1.48. The first kappa shape index (κ1) is 19.3. The van der Waals surface area contributed by atoms with Crippen molar-refractivity contribution in [1.82, 2.24) is 5.32 Å². The van der Waals surface area contributed by atoms with Crippen LogP contribution in [-0.4, -0.2) is 30.6 Å². The predicted molar refractivity (Wildman–Crippen MR) is 105 cm³/mol. The molecule has 0 spiro atoms. The number of amides is 2. The van der Waals surface area contributed by atoms with Gasteiger partial charge in [-0.05, 0) is 44.2 Å². The Hall–Kier alpha value is -3.46. The standard InChI is InChI=1S/C22H22N2O4/c1-22(2)13-17-6-3-7-18(20(17)28-22)27-14-19(25)24-12-4-5-15-8-10-16(11-9-15)21(23)26/h3,6-11H,12-14H2,1-2H3,(H2,23,26)(H,24,25). The molecular weight excluding hydrogens is 356 g/mol. The number of primary amides is 1. The second kappa shape index (κ2) is 8.05. The van der Waals surface area contributed by atoms with E-state index in [9.17, 15) is 9.59 Å². The highest BCUT2D eigenvalue weighted by Gasteiger charge is 2.32. The van der Waals surface area contributed by atoms with Crippen molar-refractivity contribution in [2.75, 3.05) is 13.2 Å². The minimum absolute atomic E-state index is 0.116. The lowest BCUT2D eigenvalue weighted by Crippen LogP contribution is -2.29. The Morgan fingerprint density at radius 1 is 1.21 bits per heavy atom. The second-order valence-corrected chi connectivity index (χ2v) is 7.09. The molecule has 0 unspecified atom stereocenters. The van der Waals surface area contributed by atoms with Crippen LogP contribution in [0.15, 0.2) is 42.5 Å². The third-order valence-corrected chi connectivity index (χ3v) is 4.19. The van der Waals surface area contributed by atoms with Crippen molar-refractivity contribution in [2.24, 2.45) is 5.73 Å². The van der Waals surface area contributed by atoms with Gasteiger partial charge in [0.25, 0.3) is 5.91 Å². The van der Waals surface area contributed by atoms with Gasteiger partial charge in [0.15, 0.2) is 18.1 Å². The molecule has 144 valence electrons. The third-order valence-electron chi connectivity index (χ3n) is 4.19. The number of carbonyl (C=O) groups is 2. The van der Waals surface area contributed by atoms with Gasteiger partial charge in [-0.15, -0.1) is 0 Å². The molecule has 6 nitrogen and oxygen atoms in total. The van der Waals surface area contributed by atoms with Gasteiger partial charge in [0.2, 0.25) is 5.91 Å². The zero-order valence-electron chi connectivity index (χ0n) is 15.9.